The third-order valence-corrected chi connectivity index (χ3v) is 5.56. The van der Waals surface area contributed by atoms with E-state index < -0.39 is 0 Å². The van der Waals surface area contributed by atoms with Crippen LogP contribution in [0, 0.1) is 5.82 Å². The third-order valence-electron chi connectivity index (χ3n) is 5.56. The van der Waals surface area contributed by atoms with Gasteiger partial charge >= 0.3 is 0 Å². The lowest BCUT2D eigenvalue weighted by molar-refractivity contribution is 0.465. The first-order chi connectivity index (χ1) is 14.2. The molecule has 146 valence electrons. The number of nitrogens with two attached hydrogens (primary N) is 1. The molecule has 0 unspecified atom stereocenters. The summed E-state index contributed by atoms with van der Waals surface area (Å²) in [6.45, 7) is 0.891. The summed E-state index contributed by atoms with van der Waals surface area (Å²) in [6.07, 6.45) is 5.02. The molecule has 1 aliphatic heterocycles. The Kier molecular flexibility index (Phi) is 4.39. The van der Waals surface area contributed by atoms with E-state index in [1.54, 1.807) is 12.1 Å². The van der Waals surface area contributed by atoms with Crippen molar-refractivity contribution in [2.24, 2.45) is 0 Å². The van der Waals surface area contributed by atoms with E-state index >= 15 is 0 Å². The van der Waals surface area contributed by atoms with Gasteiger partial charge in [0.25, 0.3) is 0 Å². The first kappa shape index (κ1) is 17.7. The molecule has 6 heteroatoms. The zero-order chi connectivity index (χ0) is 19.8. The summed E-state index contributed by atoms with van der Waals surface area (Å²) < 4.78 is 15.7. The van der Waals surface area contributed by atoms with Crippen molar-refractivity contribution in [3.63, 3.8) is 0 Å². The van der Waals surface area contributed by atoms with Gasteiger partial charge in [0.1, 0.15) is 11.6 Å². The van der Waals surface area contributed by atoms with Crippen molar-refractivity contribution in [2.45, 2.75) is 25.3 Å². The molecule has 0 aliphatic carbocycles. The summed E-state index contributed by atoms with van der Waals surface area (Å²) in [7, 11) is 0. The summed E-state index contributed by atoms with van der Waals surface area (Å²) in [5, 5.41) is 4.91. The number of hydrogen-bond donors (Lipinski definition) is 1. The SMILES string of the molecule is Nc1cccc(-c2cnc3ccc(N4CCCC[C@@H]4c4cccc(F)c4)nn23)c1. The first-order valence-electron chi connectivity index (χ1n) is 9.92. The van der Waals surface area contributed by atoms with E-state index in [4.69, 9.17) is 10.8 Å². The molecule has 4 aromatic rings. The summed E-state index contributed by atoms with van der Waals surface area (Å²) in [5.41, 5.74) is 10.3. The molecule has 2 N–H and O–H groups in total. The minimum Gasteiger partial charge on any atom is -0.399 e. The van der Waals surface area contributed by atoms with Gasteiger partial charge in [-0.2, -0.15) is 0 Å². The van der Waals surface area contributed by atoms with E-state index in [2.05, 4.69) is 9.88 Å². The van der Waals surface area contributed by atoms with Crippen LogP contribution < -0.4 is 10.6 Å². The van der Waals surface area contributed by atoms with Crippen LogP contribution in [0.15, 0.2) is 66.9 Å². The van der Waals surface area contributed by atoms with Crippen LogP contribution >= 0.6 is 0 Å². The maximum atomic E-state index is 13.8. The molecule has 1 atom stereocenters. The molecule has 3 heterocycles. The topological polar surface area (TPSA) is 59.5 Å². The Morgan fingerprint density at radius 1 is 1.00 bits per heavy atom. The minimum absolute atomic E-state index is 0.115. The third kappa shape index (κ3) is 3.31. The van der Waals surface area contributed by atoms with Gasteiger partial charge in [-0.25, -0.2) is 13.9 Å². The highest BCUT2D eigenvalue weighted by Crippen LogP contribution is 2.34. The molecule has 1 fully saturated rings. The second-order valence-electron chi connectivity index (χ2n) is 7.49. The smallest absolute Gasteiger partial charge is 0.154 e. The van der Waals surface area contributed by atoms with Crippen LogP contribution in [0.1, 0.15) is 30.9 Å². The van der Waals surface area contributed by atoms with Gasteiger partial charge in [-0.05, 0) is 61.2 Å². The molecule has 5 nitrogen and oxygen atoms in total. The highest BCUT2D eigenvalue weighted by Gasteiger charge is 2.26. The number of anilines is 2. The molecule has 0 radical (unpaired) electrons. The molecule has 1 aliphatic rings. The second-order valence-corrected chi connectivity index (χ2v) is 7.49. The van der Waals surface area contributed by atoms with Gasteiger partial charge in [0, 0.05) is 17.8 Å². The molecule has 2 aromatic heterocycles. The number of piperidine rings is 1. The zero-order valence-corrected chi connectivity index (χ0v) is 16.0. The summed E-state index contributed by atoms with van der Waals surface area (Å²) >= 11 is 0. The minimum atomic E-state index is -0.199. The Labute approximate surface area is 168 Å². The fourth-order valence-electron chi connectivity index (χ4n) is 4.18. The fraction of sp³-hybridized carbons (Fsp3) is 0.217. The van der Waals surface area contributed by atoms with Crippen LogP contribution in [-0.4, -0.2) is 21.1 Å². The van der Waals surface area contributed by atoms with Gasteiger partial charge in [-0.15, -0.1) is 5.10 Å². The Morgan fingerprint density at radius 3 is 2.76 bits per heavy atom. The highest BCUT2D eigenvalue weighted by atomic mass is 19.1. The summed E-state index contributed by atoms with van der Waals surface area (Å²) in [6, 6.07) is 18.7. The Balaban J connectivity index is 1.57. The van der Waals surface area contributed by atoms with Crippen LogP contribution in [0.25, 0.3) is 16.9 Å². The van der Waals surface area contributed by atoms with Crippen LogP contribution in [0.5, 0.6) is 0 Å². The van der Waals surface area contributed by atoms with Crippen molar-refractivity contribution in [2.75, 3.05) is 17.2 Å². The number of halogens is 1. The van der Waals surface area contributed by atoms with Crippen LogP contribution in [0.4, 0.5) is 15.9 Å². The predicted molar refractivity (Wildman–Crippen MR) is 113 cm³/mol. The van der Waals surface area contributed by atoms with E-state index in [0.717, 1.165) is 54.1 Å². The van der Waals surface area contributed by atoms with Crippen molar-refractivity contribution in [3.8, 4) is 11.3 Å². The van der Waals surface area contributed by atoms with E-state index in [9.17, 15) is 4.39 Å². The largest absolute Gasteiger partial charge is 0.399 e. The van der Waals surface area contributed by atoms with Gasteiger partial charge in [0.15, 0.2) is 5.65 Å². The van der Waals surface area contributed by atoms with Gasteiger partial charge in [0.05, 0.1) is 17.9 Å². The molecular weight excluding hydrogens is 365 g/mol. The van der Waals surface area contributed by atoms with E-state index in [0.29, 0.717) is 5.69 Å². The molecular formula is C23H22FN5. The standard InChI is InChI=1S/C23H22FN5/c24-18-7-3-5-16(13-18)20-9-1-2-12-28(20)23-11-10-22-26-15-21(29(22)27-23)17-6-4-8-19(25)14-17/h3-8,10-11,13-15,20H,1-2,9,12,25H2/t20-/m1/s1. The number of benzene rings is 2. The number of nitrogens with zero attached hydrogens (tertiary/aromatic N) is 4. The van der Waals surface area contributed by atoms with Crippen molar-refractivity contribution >= 4 is 17.2 Å². The molecule has 0 bridgehead atoms. The van der Waals surface area contributed by atoms with Gasteiger partial charge in [0.2, 0.25) is 0 Å². The second kappa shape index (κ2) is 7.20. The number of fused-ring (bicyclic) bond motifs is 1. The molecule has 1 saturated heterocycles. The van der Waals surface area contributed by atoms with E-state index in [1.807, 2.05) is 53.2 Å². The number of aromatic nitrogens is 3. The van der Waals surface area contributed by atoms with Crippen molar-refractivity contribution < 1.29 is 4.39 Å². The Bertz CT molecular complexity index is 1170. The van der Waals surface area contributed by atoms with Crippen molar-refractivity contribution in [3.05, 3.63) is 78.2 Å². The number of hydrogen-bond acceptors (Lipinski definition) is 4. The molecule has 29 heavy (non-hydrogen) atoms. The van der Waals surface area contributed by atoms with E-state index in [1.165, 1.54) is 6.07 Å². The molecule has 5 rings (SSSR count). The van der Waals surface area contributed by atoms with E-state index in [-0.39, 0.29) is 11.9 Å². The number of rotatable bonds is 3. The predicted octanol–water partition coefficient (Wildman–Crippen LogP) is 4.85. The summed E-state index contributed by atoms with van der Waals surface area (Å²) in [4.78, 5) is 6.77. The highest BCUT2D eigenvalue weighted by molar-refractivity contribution is 5.67. The Morgan fingerprint density at radius 2 is 1.90 bits per heavy atom. The molecule has 0 saturated carbocycles. The quantitative estimate of drug-likeness (QED) is 0.511. The fourth-order valence-corrected chi connectivity index (χ4v) is 4.18. The number of nitrogen functional groups attached to an aromatic ring is 1. The monoisotopic (exact) mass is 387 g/mol. The lowest BCUT2D eigenvalue weighted by atomic mass is 9.95. The maximum absolute atomic E-state index is 13.8. The lowest BCUT2D eigenvalue weighted by Gasteiger charge is -2.37. The normalized spacial score (nSPS) is 17.0. The summed E-state index contributed by atoms with van der Waals surface area (Å²) in [5.74, 6) is 0.671. The van der Waals surface area contributed by atoms with Crippen molar-refractivity contribution in [1.82, 2.24) is 14.6 Å². The van der Waals surface area contributed by atoms with Crippen LogP contribution in [0.2, 0.25) is 0 Å². The average Bonchev–Trinajstić information content (AvgIpc) is 3.17. The van der Waals surface area contributed by atoms with Crippen LogP contribution in [0.3, 0.4) is 0 Å². The van der Waals surface area contributed by atoms with Gasteiger partial charge in [-0.3, -0.25) is 0 Å². The first-order valence-corrected chi connectivity index (χ1v) is 9.92. The molecule has 2 aromatic carbocycles. The van der Waals surface area contributed by atoms with Crippen molar-refractivity contribution in [1.29, 1.82) is 0 Å². The number of imidazole rings is 1. The lowest BCUT2D eigenvalue weighted by Crippen LogP contribution is -2.34. The van der Waals surface area contributed by atoms with Gasteiger partial charge < -0.3 is 10.6 Å². The zero-order valence-electron chi connectivity index (χ0n) is 16.0. The average molecular weight is 387 g/mol. The Hall–Kier alpha value is -3.41. The maximum Gasteiger partial charge on any atom is 0.154 e. The van der Waals surface area contributed by atoms with Gasteiger partial charge in [-0.1, -0.05) is 24.3 Å². The van der Waals surface area contributed by atoms with Crippen LogP contribution in [-0.2, 0) is 0 Å². The molecule has 0 amide bonds. The molecule has 0 spiro atoms.